The van der Waals surface area contributed by atoms with E-state index in [-0.39, 0.29) is 0 Å². The van der Waals surface area contributed by atoms with Gasteiger partial charge >= 0.3 is 0 Å². The van der Waals surface area contributed by atoms with Crippen LogP contribution in [0.25, 0.3) is 6.08 Å². The van der Waals surface area contributed by atoms with Gasteiger partial charge in [0.15, 0.2) is 0 Å². The van der Waals surface area contributed by atoms with Crippen molar-refractivity contribution >= 4 is 6.08 Å². The molecule has 1 N–H and O–H groups in total. The molecule has 0 atom stereocenters. The van der Waals surface area contributed by atoms with Gasteiger partial charge in [0.05, 0.1) is 0 Å². The minimum atomic E-state index is -0.535. The smallest absolute Gasteiger partial charge is 0.133 e. The lowest BCUT2D eigenvalue weighted by molar-refractivity contribution is 0.298. The fourth-order valence-electron chi connectivity index (χ4n) is 2.23. The predicted octanol–water partition coefficient (Wildman–Crippen LogP) is 2.66. The summed E-state index contributed by atoms with van der Waals surface area (Å²) >= 11 is 0. The first-order valence-corrected chi connectivity index (χ1v) is 6.80. The Hall–Kier alpha value is -1.26. The molecule has 0 bridgehead atoms. The fourth-order valence-corrected chi connectivity index (χ4v) is 2.23. The Balaban J connectivity index is 1.79. The van der Waals surface area contributed by atoms with Crippen molar-refractivity contribution in [2.24, 2.45) is 0 Å². The second-order valence-electron chi connectivity index (χ2n) is 4.80. The van der Waals surface area contributed by atoms with E-state index in [0.29, 0.717) is 5.56 Å². The normalized spacial score (nSPS) is 17.8. The van der Waals surface area contributed by atoms with Crippen LogP contribution >= 0.6 is 0 Å². The van der Waals surface area contributed by atoms with E-state index in [1.807, 2.05) is 6.08 Å². The van der Waals surface area contributed by atoms with Crippen LogP contribution in [0.2, 0.25) is 0 Å². The summed E-state index contributed by atoms with van der Waals surface area (Å²) in [6.45, 7) is 5.30. The molecular weight excluding hydrogens is 246 g/mol. The summed E-state index contributed by atoms with van der Waals surface area (Å²) in [5.74, 6) is -1.04. The third kappa shape index (κ3) is 4.73. The molecular formula is C15H20F2N2. The summed E-state index contributed by atoms with van der Waals surface area (Å²) in [6, 6.07) is 3.67. The molecule has 0 aliphatic carbocycles. The molecule has 1 fully saturated rings. The van der Waals surface area contributed by atoms with E-state index in [1.54, 1.807) is 6.08 Å². The monoisotopic (exact) mass is 266 g/mol. The molecule has 104 valence electrons. The van der Waals surface area contributed by atoms with Crippen LogP contribution in [0, 0.1) is 11.6 Å². The number of nitrogens with one attached hydrogen (secondary N) is 1. The Bertz CT molecular complexity index is 424. The zero-order valence-electron chi connectivity index (χ0n) is 11.0. The number of rotatable bonds is 4. The Morgan fingerprint density at radius 1 is 1.21 bits per heavy atom. The molecule has 0 radical (unpaired) electrons. The first kappa shape index (κ1) is 14.2. The molecule has 1 heterocycles. The molecule has 1 aliphatic heterocycles. The molecule has 1 aliphatic rings. The van der Waals surface area contributed by atoms with Crippen molar-refractivity contribution < 1.29 is 8.78 Å². The molecule has 0 unspecified atom stereocenters. The second kappa shape index (κ2) is 7.36. The van der Waals surface area contributed by atoms with E-state index in [1.165, 1.54) is 18.6 Å². The number of benzene rings is 1. The van der Waals surface area contributed by atoms with Crippen molar-refractivity contribution in [3.63, 3.8) is 0 Å². The molecule has 0 amide bonds. The SMILES string of the molecule is Fc1ccc(/C=C/CCN2CCCNCC2)c(F)c1. The van der Waals surface area contributed by atoms with Crippen LogP contribution in [0.15, 0.2) is 24.3 Å². The van der Waals surface area contributed by atoms with Gasteiger partial charge in [-0.3, -0.25) is 0 Å². The van der Waals surface area contributed by atoms with Crippen LogP contribution in [-0.4, -0.2) is 37.6 Å². The highest BCUT2D eigenvalue weighted by atomic mass is 19.1. The summed E-state index contributed by atoms with van der Waals surface area (Å²) < 4.78 is 26.1. The van der Waals surface area contributed by atoms with Gasteiger partial charge in [-0.1, -0.05) is 12.2 Å². The molecule has 1 saturated heterocycles. The average Bonchev–Trinajstić information content (AvgIpc) is 2.65. The van der Waals surface area contributed by atoms with Crippen molar-refractivity contribution in [2.45, 2.75) is 12.8 Å². The first-order valence-electron chi connectivity index (χ1n) is 6.80. The first-order chi connectivity index (χ1) is 9.25. The topological polar surface area (TPSA) is 15.3 Å². The quantitative estimate of drug-likeness (QED) is 0.901. The molecule has 1 aromatic rings. The lowest BCUT2D eigenvalue weighted by Gasteiger charge is -2.17. The van der Waals surface area contributed by atoms with Gasteiger partial charge in [0.2, 0.25) is 0 Å². The Morgan fingerprint density at radius 2 is 2.11 bits per heavy atom. The van der Waals surface area contributed by atoms with Gasteiger partial charge in [-0.2, -0.15) is 0 Å². The maximum Gasteiger partial charge on any atom is 0.133 e. The summed E-state index contributed by atoms with van der Waals surface area (Å²) in [5, 5.41) is 3.36. The van der Waals surface area contributed by atoms with Crippen molar-refractivity contribution in [3.05, 3.63) is 41.5 Å². The van der Waals surface area contributed by atoms with E-state index in [9.17, 15) is 8.78 Å². The maximum atomic E-state index is 13.4. The molecule has 19 heavy (non-hydrogen) atoms. The van der Waals surface area contributed by atoms with Crippen LogP contribution in [0.5, 0.6) is 0 Å². The molecule has 0 aromatic heterocycles. The zero-order valence-corrected chi connectivity index (χ0v) is 11.0. The van der Waals surface area contributed by atoms with Crippen LogP contribution in [-0.2, 0) is 0 Å². The molecule has 2 rings (SSSR count). The van der Waals surface area contributed by atoms with Crippen molar-refractivity contribution in [3.8, 4) is 0 Å². The van der Waals surface area contributed by atoms with E-state index >= 15 is 0 Å². The van der Waals surface area contributed by atoms with Crippen molar-refractivity contribution in [2.75, 3.05) is 32.7 Å². The van der Waals surface area contributed by atoms with Gasteiger partial charge in [0, 0.05) is 31.3 Å². The fraction of sp³-hybridized carbons (Fsp3) is 0.467. The zero-order chi connectivity index (χ0) is 13.5. The van der Waals surface area contributed by atoms with Crippen LogP contribution < -0.4 is 5.32 Å². The number of hydrogen-bond donors (Lipinski definition) is 1. The van der Waals surface area contributed by atoms with Gasteiger partial charge in [0.25, 0.3) is 0 Å². The van der Waals surface area contributed by atoms with Gasteiger partial charge in [0.1, 0.15) is 11.6 Å². The Morgan fingerprint density at radius 3 is 2.95 bits per heavy atom. The molecule has 2 nitrogen and oxygen atoms in total. The molecule has 4 heteroatoms. The lowest BCUT2D eigenvalue weighted by atomic mass is 10.2. The maximum absolute atomic E-state index is 13.4. The van der Waals surface area contributed by atoms with Gasteiger partial charge in [-0.05, 0) is 38.1 Å². The van der Waals surface area contributed by atoms with E-state index < -0.39 is 11.6 Å². The van der Waals surface area contributed by atoms with Crippen LogP contribution in [0.4, 0.5) is 8.78 Å². The standard InChI is InChI=1S/C15H20F2N2/c16-14-6-5-13(15(17)12-14)4-1-2-9-19-10-3-7-18-8-11-19/h1,4-6,12,18H,2-3,7-11H2/b4-1+. The number of halogens is 2. The lowest BCUT2D eigenvalue weighted by Crippen LogP contribution is -2.28. The average molecular weight is 266 g/mol. The highest BCUT2D eigenvalue weighted by Gasteiger charge is 2.06. The second-order valence-corrected chi connectivity index (χ2v) is 4.80. The van der Waals surface area contributed by atoms with Crippen molar-refractivity contribution in [1.82, 2.24) is 10.2 Å². The molecule has 0 saturated carbocycles. The summed E-state index contributed by atoms with van der Waals surface area (Å²) in [7, 11) is 0. The predicted molar refractivity (Wildman–Crippen MR) is 73.9 cm³/mol. The third-order valence-electron chi connectivity index (χ3n) is 3.30. The van der Waals surface area contributed by atoms with Gasteiger partial charge < -0.3 is 10.2 Å². The molecule has 0 spiro atoms. The number of hydrogen-bond acceptors (Lipinski definition) is 2. The highest BCUT2D eigenvalue weighted by molar-refractivity contribution is 5.49. The Kier molecular flexibility index (Phi) is 5.48. The Labute approximate surface area is 113 Å². The van der Waals surface area contributed by atoms with E-state index in [2.05, 4.69) is 10.2 Å². The minimum absolute atomic E-state index is 0.443. The summed E-state index contributed by atoms with van der Waals surface area (Å²) in [4.78, 5) is 2.41. The van der Waals surface area contributed by atoms with Crippen LogP contribution in [0.1, 0.15) is 18.4 Å². The van der Waals surface area contributed by atoms with E-state index in [4.69, 9.17) is 0 Å². The molecule has 1 aromatic carbocycles. The third-order valence-corrected chi connectivity index (χ3v) is 3.30. The minimum Gasteiger partial charge on any atom is -0.315 e. The highest BCUT2D eigenvalue weighted by Crippen LogP contribution is 2.11. The summed E-state index contributed by atoms with van der Waals surface area (Å²) in [6.07, 6.45) is 5.74. The van der Waals surface area contributed by atoms with E-state index in [0.717, 1.165) is 45.2 Å². The van der Waals surface area contributed by atoms with Gasteiger partial charge in [-0.15, -0.1) is 0 Å². The number of nitrogens with zero attached hydrogens (tertiary/aromatic N) is 1. The summed E-state index contributed by atoms with van der Waals surface area (Å²) in [5.41, 5.74) is 0.443. The van der Waals surface area contributed by atoms with Gasteiger partial charge in [-0.25, -0.2) is 8.78 Å². The van der Waals surface area contributed by atoms with Crippen LogP contribution in [0.3, 0.4) is 0 Å². The van der Waals surface area contributed by atoms with Crippen molar-refractivity contribution in [1.29, 1.82) is 0 Å². The largest absolute Gasteiger partial charge is 0.315 e.